The largest absolute Gasteiger partial charge is 0.277 e. The average molecular weight is 409 g/mol. The summed E-state index contributed by atoms with van der Waals surface area (Å²) in [5.41, 5.74) is 3.94. The Bertz CT molecular complexity index is 606. The maximum absolute atomic E-state index is 12.2. The van der Waals surface area contributed by atoms with Crippen LogP contribution in [-0.4, -0.2) is 16.7 Å². The van der Waals surface area contributed by atoms with Crippen LogP contribution in [0.15, 0.2) is 23.3 Å². The average Bonchev–Trinajstić information content (AvgIpc) is 2.70. The summed E-state index contributed by atoms with van der Waals surface area (Å²) in [6.07, 6.45) is 17.6. The van der Waals surface area contributed by atoms with Crippen molar-refractivity contribution in [1.82, 2.24) is 10.4 Å². The number of aliphatic imine (C=N–C) groups is 1. The van der Waals surface area contributed by atoms with Crippen molar-refractivity contribution in [3.63, 3.8) is 0 Å². The zero-order valence-electron chi connectivity index (χ0n) is 17.6. The van der Waals surface area contributed by atoms with Crippen LogP contribution >= 0.6 is 12.4 Å². The summed E-state index contributed by atoms with van der Waals surface area (Å²) in [5, 5.41) is 1.55. The van der Waals surface area contributed by atoms with E-state index in [2.05, 4.69) is 22.3 Å². The Morgan fingerprint density at radius 2 is 1.57 bits per heavy atom. The first kappa shape index (κ1) is 24.4. The maximum atomic E-state index is 12.2. The molecule has 1 aliphatic heterocycles. The Hall–Kier alpha value is -1.62. The maximum Gasteiger partial charge on any atom is 0.246 e. The zero-order valence-corrected chi connectivity index (χ0v) is 18.4. The van der Waals surface area contributed by atoms with Gasteiger partial charge in [-0.1, -0.05) is 78.1 Å². The highest BCUT2D eigenvalue weighted by Crippen LogP contribution is 2.28. The first-order valence-electron chi connectivity index (χ1n) is 10.9. The molecular formula is C22H37ClN4O. The van der Waals surface area contributed by atoms with Crippen LogP contribution in [0.25, 0.3) is 0 Å². The number of amides is 1. The third-order valence-electron chi connectivity index (χ3n) is 5.04. The van der Waals surface area contributed by atoms with Crippen LogP contribution in [0.4, 0.5) is 11.5 Å². The quantitative estimate of drug-likeness (QED) is 0.379. The Morgan fingerprint density at radius 3 is 2.18 bits per heavy atom. The van der Waals surface area contributed by atoms with Gasteiger partial charge in [-0.05, 0) is 18.6 Å². The Morgan fingerprint density at radius 1 is 0.964 bits per heavy atom. The van der Waals surface area contributed by atoms with Gasteiger partial charge in [-0.25, -0.2) is 15.0 Å². The van der Waals surface area contributed by atoms with Crippen LogP contribution in [0.5, 0.6) is 0 Å². The standard InChI is InChI=1S/C22H36N4O.ClH/c1-3-5-6-7-8-9-10-11-12-13-14-17-20-24-19-16-15-18-23-22(19)26(25-20)21(27)4-2;/h15-16,18H,3-14,17H2,1-2H3,(H,24,25);1H. The van der Waals surface area contributed by atoms with Crippen LogP contribution in [0.1, 0.15) is 97.3 Å². The molecule has 158 valence electrons. The monoisotopic (exact) mass is 408 g/mol. The molecule has 2 rings (SSSR count). The van der Waals surface area contributed by atoms with E-state index in [0.717, 1.165) is 24.4 Å². The van der Waals surface area contributed by atoms with Gasteiger partial charge in [-0.15, -0.1) is 12.4 Å². The second kappa shape index (κ2) is 14.4. The second-order valence-corrected chi connectivity index (χ2v) is 7.38. The van der Waals surface area contributed by atoms with Crippen molar-refractivity contribution in [3.05, 3.63) is 18.3 Å². The van der Waals surface area contributed by atoms with Gasteiger partial charge in [0.2, 0.25) is 5.91 Å². The Balaban J connectivity index is 0.00000392. The third kappa shape index (κ3) is 8.17. The van der Waals surface area contributed by atoms with E-state index in [1.165, 1.54) is 64.2 Å². The van der Waals surface area contributed by atoms with Crippen molar-refractivity contribution in [2.24, 2.45) is 4.99 Å². The zero-order chi connectivity index (χ0) is 19.3. The van der Waals surface area contributed by atoms with Crippen LogP contribution in [0.3, 0.4) is 0 Å². The summed E-state index contributed by atoms with van der Waals surface area (Å²) < 4.78 is 0. The predicted octanol–water partition coefficient (Wildman–Crippen LogP) is 6.50. The Labute approximate surface area is 176 Å². The van der Waals surface area contributed by atoms with Crippen molar-refractivity contribution in [1.29, 1.82) is 0 Å². The van der Waals surface area contributed by atoms with Crippen LogP contribution in [0, 0.1) is 0 Å². The van der Waals surface area contributed by atoms with Crippen molar-refractivity contribution in [2.75, 3.05) is 5.01 Å². The van der Waals surface area contributed by atoms with Gasteiger partial charge >= 0.3 is 0 Å². The number of anilines is 1. The van der Waals surface area contributed by atoms with E-state index in [4.69, 9.17) is 0 Å². The fraction of sp³-hybridized carbons (Fsp3) is 0.682. The molecule has 1 aromatic heterocycles. The number of hydrazine groups is 1. The first-order chi connectivity index (χ1) is 13.3. The van der Waals surface area contributed by atoms with E-state index in [1.807, 2.05) is 19.1 Å². The minimum atomic E-state index is 0. The lowest BCUT2D eigenvalue weighted by atomic mass is 10.1. The van der Waals surface area contributed by atoms with E-state index in [1.54, 1.807) is 11.2 Å². The molecule has 0 aromatic carbocycles. The molecular weight excluding hydrogens is 372 g/mol. The highest BCUT2D eigenvalue weighted by molar-refractivity contribution is 6.02. The topological polar surface area (TPSA) is 57.6 Å². The van der Waals surface area contributed by atoms with Gasteiger partial charge in [0.15, 0.2) is 5.82 Å². The lowest BCUT2D eigenvalue weighted by molar-refractivity contribution is -0.118. The van der Waals surface area contributed by atoms with Gasteiger partial charge < -0.3 is 0 Å². The number of hydrogen-bond donors (Lipinski definition) is 1. The molecule has 0 radical (unpaired) electrons. The number of pyridine rings is 1. The molecule has 6 heteroatoms. The fourth-order valence-electron chi connectivity index (χ4n) is 3.41. The number of aromatic nitrogens is 1. The molecule has 1 aromatic rings. The molecule has 0 unspecified atom stereocenters. The summed E-state index contributed by atoms with van der Waals surface area (Å²) in [6.45, 7) is 4.13. The highest BCUT2D eigenvalue weighted by Gasteiger charge is 2.24. The van der Waals surface area contributed by atoms with E-state index < -0.39 is 0 Å². The molecule has 5 nitrogen and oxygen atoms in total. The summed E-state index contributed by atoms with van der Waals surface area (Å²) in [7, 11) is 0. The molecule has 0 bridgehead atoms. The second-order valence-electron chi connectivity index (χ2n) is 7.38. The SMILES string of the molecule is CCCCCCCCCCCCCC1=Nc2cccnc2N(C(=O)CC)N1.Cl. The summed E-state index contributed by atoms with van der Waals surface area (Å²) >= 11 is 0. The molecule has 1 N–H and O–H groups in total. The number of amidine groups is 1. The summed E-state index contributed by atoms with van der Waals surface area (Å²) in [4.78, 5) is 21.1. The third-order valence-corrected chi connectivity index (χ3v) is 5.04. The number of nitrogens with zero attached hydrogens (tertiary/aromatic N) is 3. The van der Waals surface area contributed by atoms with Crippen molar-refractivity contribution >= 4 is 35.7 Å². The molecule has 1 aliphatic rings. The number of fused-ring (bicyclic) bond motifs is 1. The van der Waals surface area contributed by atoms with E-state index in [0.29, 0.717) is 12.2 Å². The number of nitrogens with one attached hydrogen (secondary N) is 1. The van der Waals surface area contributed by atoms with E-state index in [-0.39, 0.29) is 18.3 Å². The molecule has 1 amide bonds. The molecule has 0 saturated carbocycles. The summed E-state index contributed by atoms with van der Waals surface area (Å²) in [5.74, 6) is 1.49. The summed E-state index contributed by atoms with van der Waals surface area (Å²) in [6, 6.07) is 3.78. The number of carbonyl (C=O) groups is 1. The number of hydrogen-bond acceptors (Lipinski definition) is 4. The molecule has 0 atom stereocenters. The Kier molecular flexibility index (Phi) is 12.5. The number of carbonyl (C=O) groups excluding carboxylic acids is 1. The van der Waals surface area contributed by atoms with Crippen LogP contribution in [0.2, 0.25) is 0 Å². The van der Waals surface area contributed by atoms with E-state index >= 15 is 0 Å². The number of halogens is 1. The molecule has 0 spiro atoms. The van der Waals surface area contributed by atoms with E-state index in [9.17, 15) is 4.79 Å². The smallest absolute Gasteiger partial charge is 0.246 e. The highest BCUT2D eigenvalue weighted by atomic mass is 35.5. The predicted molar refractivity (Wildman–Crippen MR) is 121 cm³/mol. The minimum absolute atomic E-state index is 0. The van der Waals surface area contributed by atoms with Gasteiger partial charge in [-0.3, -0.25) is 10.2 Å². The lowest BCUT2D eigenvalue weighted by Crippen LogP contribution is -2.48. The molecule has 2 heterocycles. The minimum Gasteiger partial charge on any atom is -0.277 e. The van der Waals surface area contributed by atoms with Crippen molar-refractivity contribution < 1.29 is 4.79 Å². The fourth-order valence-corrected chi connectivity index (χ4v) is 3.41. The molecule has 0 aliphatic carbocycles. The van der Waals surface area contributed by atoms with Crippen LogP contribution in [-0.2, 0) is 4.79 Å². The normalized spacial score (nSPS) is 12.6. The molecule has 28 heavy (non-hydrogen) atoms. The van der Waals surface area contributed by atoms with Gasteiger partial charge in [0.1, 0.15) is 11.5 Å². The number of unbranched alkanes of at least 4 members (excludes halogenated alkanes) is 10. The molecule has 0 fully saturated rings. The van der Waals surface area contributed by atoms with Gasteiger partial charge in [0, 0.05) is 19.0 Å². The van der Waals surface area contributed by atoms with Gasteiger partial charge in [-0.2, -0.15) is 0 Å². The first-order valence-corrected chi connectivity index (χ1v) is 10.9. The molecule has 0 saturated heterocycles. The van der Waals surface area contributed by atoms with Gasteiger partial charge in [0.25, 0.3) is 0 Å². The van der Waals surface area contributed by atoms with Gasteiger partial charge in [0.05, 0.1) is 0 Å². The van der Waals surface area contributed by atoms with Crippen molar-refractivity contribution in [3.8, 4) is 0 Å². The lowest BCUT2D eigenvalue weighted by Gasteiger charge is -2.28. The van der Waals surface area contributed by atoms with Crippen LogP contribution < -0.4 is 10.4 Å². The number of rotatable bonds is 13. The van der Waals surface area contributed by atoms with Crippen molar-refractivity contribution in [2.45, 2.75) is 97.3 Å².